The molecule has 1 aliphatic heterocycles. The van der Waals surface area contributed by atoms with Gasteiger partial charge in [0.2, 0.25) is 5.89 Å². The van der Waals surface area contributed by atoms with E-state index in [0.717, 1.165) is 11.4 Å². The largest absolute Gasteiger partial charge is 0.416 e. The van der Waals surface area contributed by atoms with E-state index < -0.39 is 9.84 Å². The summed E-state index contributed by atoms with van der Waals surface area (Å²) in [4.78, 5) is 12.8. The molecule has 11 heteroatoms. The van der Waals surface area contributed by atoms with Gasteiger partial charge in [0.05, 0.1) is 17.3 Å². The molecule has 0 N–H and O–H groups in total. The number of carbonyl (C=O) groups is 1. The van der Waals surface area contributed by atoms with E-state index in [9.17, 15) is 13.2 Å². The van der Waals surface area contributed by atoms with Gasteiger partial charge in [-0.15, -0.1) is 10.2 Å². The first-order chi connectivity index (χ1) is 14.2. The lowest BCUT2D eigenvalue weighted by atomic mass is 10.1. The molecule has 1 fully saturated rings. The van der Waals surface area contributed by atoms with Crippen molar-refractivity contribution in [1.82, 2.24) is 19.9 Å². The minimum Gasteiger partial charge on any atom is -0.416 e. The molecule has 160 valence electrons. The lowest BCUT2D eigenvalue weighted by Crippen LogP contribution is -2.07. The molecule has 1 saturated heterocycles. The van der Waals surface area contributed by atoms with E-state index in [1.165, 1.54) is 11.8 Å². The highest BCUT2D eigenvalue weighted by Gasteiger charge is 2.29. The van der Waals surface area contributed by atoms with Crippen LogP contribution in [-0.4, -0.2) is 51.4 Å². The van der Waals surface area contributed by atoms with E-state index in [1.807, 2.05) is 37.5 Å². The number of ketones is 1. The first kappa shape index (κ1) is 20.9. The monoisotopic (exact) mass is 450 g/mol. The number of thioether (sulfide) groups is 1. The van der Waals surface area contributed by atoms with Crippen LogP contribution in [0.25, 0.3) is 5.82 Å². The number of carbonyl (C=O) groups excluding carboxylic acids is 1. The number of sulfone groups is 1. The van der Waals surface area contributed by atoms with Crippen LogP contribution in [0.4, 0.5) is 0 Å². The van der Waals surface area contributed by atoms with Crippen LogP contribution in [0, 0.1) is 26.7 Å². The zero-order valence-electron chi connectivity index (χ0n) is 16.9. The molecule has 30 heavy (non-hydrogen) atoms. The quantitative estimate of drug-likeness (QED) is 0.395. The molecule has 0 radical (unpaired) electrons. The Morgan fingerprint density at radius 1 is 1.27 bits per heavy atom. The number of hydrogen-bond donors (Lipinski definition) is 0. The predicted molar refractivity (Wildman–Crippen MR) is 110 cm³/mol. The van der Waals surface area contributed by atoms with Crippen molar-refractivity contribution < 1.29 is 22.2 Å². The summed E-state index contributed by atoms with van der Waals surface area (Å²) in [5.74, 6) is 2.24. The second kappa shape index (κ2) is 8.03. The van der Waals surface area contributed by atoms with Crippen LogP contribution in [0.1, 0.15) is 39.8 Å². The number of rotatable bonds is 7. The fraction of sp³-hybridized carbons (Fsp3) is 0.474. The Kier molecular flexibility index (Phi) is 5.58. The summed E-state index contributed by atoms with van der Waals surface area (Å²) in [7, 11) is -2.94. The Bertz CT molecular complexity index is 1190. The highest BCUT2D eigenvalue weighted by Crippen LogP contribution is 2.26. The van der Waals surface area contributed by atoms with E-state index >= 15 is 0 Å². The van der Waals surface area contributed by atoms with Crippen LogP contribution in [0.3, 0.4) is 0 Å². The Balaban J connectivity index is 1.39. The summed E-state index contributed by atoms with van der Waals surface area (Å²) in [6.45, 7) is 5.60. The van der Waals surface area contributed by atoms with Crippen molar-refractivity contribution in [2.24, 2.45) is 5.92 Å². The fourth-order valence-electron chi connectivity index (χ4n) is 3.72. The number of hydrogen-bond acceptors (Lipinski definition) is 9. The topological polar surface area (TPSA) is 121 Å². The highest BCUT2D eigenvalue weighted by atomic mass is 32.2. The van der Waals surface area contributed by atoms with Gasteiger partial charge in [0, 0.05) is 29.4 Å². The van der Waals surface area contributed by atoms with Crippen LogP contribution in [-0.2, 0) is 16.3 Å². The lowest BCUT2D eigenvalue weighted by Gasteiger charge is -2.04. The van der Waals surface area contributed by atoms with Crippen molar-refractivity contribution >= 4 is 27.4 Å². The Labute approximate surface area is 178 Å². The number of aromatic nitrogens is 4. The van der Waals surface area contributed by atoms with Gasteiger partial charge in [0.1, 0.15) is 5.76 Å². The normalized spacial score (nSPS) is 18.2. The van der Waals surface area contributed by atoms with Crippen molar-refractivity contribution in [2.75, 3.05) is 17.3 Å². The molecule has 0 aromatic carbocycles. The van der Waals surface area contributed by atoms with Crippen molar-refractivity contribution in [2.45, 2.75) is 38.8 Å². The summed E-state index contributed by atoms with van der Waals surface area (Å²) >= 11 is 1.17. The summed E-state index contributed by atoms with van der Waals surface area (Å²) < 4.78 is 35.8. The summed E-state index contributed by atoms with van der Waals surface area (Å²) in [6, 6.07) is 3.65. The van der Waals surface area contributed by atoms with Gasteiger partial charge in [-0.2, -0.15) is 0 Å². The van der Waals surface area contributed by atoms with Gasteiger partial charge in [-0.25, -0.2) is 8.42 Å². The predicted octanol–water partition coefficient (Wildman–Crippen LogP) is 2.73. The van der Waals surface area contributed by atoms with Gasteiger partial charge in [-0.1, -0.05) is 16.9 Å². The number of nitrogens with zero attached hydrogens (tertiary/aromatic N) is 4. The standard InChI is InChI=1S/C19H22N4O5S2/c1-11-6-15(13(3)23(11)17-7-12(2)28-22-17)16(24)9-29-19-21-20-18(27-19)8-14-4-5-30(25,26)10-14/h6-7,14H,4-5,8-10H2,1-3H3/t14-/m0/s1. The molecular formula is C19H22N4O5S2. The molecule has 0 aliphatic carbocycles. The summed E-state index contributed by atoms with van der Waals surface area (Å²) in [5.41, 5.74) is 2.29. The minimum absolute atomic E-state index is 0.0143. The molecule has 9 nitrogen and oxygen atoms in total. The van der Waals surface area contributed by atoms with Crippen molar-refractivity contribution in [3.8, 4) is 5.82 Å². The zero-order chi connectivity index (χ0) is 21.5. The van der Waals surface area contributed by atoms with Crippen molar-refractivity contribution in [1.29, 1.82) is 0 Å². The number of Topliss-reactive ketones (excluding diaryl/α,β-unsaturated/α-hetero) is 1. The fourth-order valence-corrected chi connectivity index (χ4v) is 6.25. The molecule has 4 heterocycles. The van der Waals surface area contributed by atoms with Crippen LogP contribution in [0.15, 0.2) is 26.3 Å². The molecule has 1 aliphatic rings. The molecule has 0 saturated carbocycles. The first-order valence-corrected chi connectivity index (χ1v) is 12.3. The van der Waals surface area contributed by atoms with Crippen LogP contribution in [0.2, 0.25) is 0 Å². The van der Waals surface area contributed by atoms with E-state index in [-0.39, 0.29) is 29.0 Å². The van der Waals surface area contributed by atoms with Gasteiger partial charge >= 0.3 is 0 Å². The summed E-state index contributed by atoms with van der Waals surface area (Å²) in [6.07, 6.45) is 1.06. The molecule has 3 aromatic rings. The van der Waals surface area contributed by atoms with Crippen molar-refractivity contribution in [3.05, 3.63) is 40.7 Å². The molecule has 0 bridgehead atoms. The maximum atomic E-state index is 12.8. The third kappa shape index (κ3) is 4.36. The Morgan fingerprint density at radius 2 is 2.07 bits per heavy atom. The molecular weight excluding hydrogens is 428 g/mol. The Morgan fingerprint density at radius 3 is 2.73 bits per heavy atom. The molecule has 0 unspecified atom stereocenters. The average molecular weight is 451 g/mol. The Hall–Kier alpha value is -2.40. The average Bonchev–Trinajstić information content (AvgIpc) is 3.43. The van der Waals surface area contributed by atoms with Crippen LogP contribution < -0.4 is 0 Å². The SMILES string of the molecule is Cc1cc(-n2c(C)cc(C(=O)CSc3nnc(C[C@@H]4CCS(=O)(=O)C4)o3)c2C)no1. The van der Waals surface area contributed by atoms with Gasteiger partial charge in [-0.05, 0) is 39.2 Å². The number of aryl methyl sites for hydroxylation is 2. The summed E-state index contributed by atoms with van der Waals surface area (Å²) in [5, 5.41) is 12.3. The molecule has 1 atom stereocenters. The van der Waals surface area contributed by atoms with E-state index in [0.29, 0.717) is 41.1 Å². The third-order valence-corrected chi connectivity index (χ3v) is 7.80. The van der Waals surface area contributed by atoms with Crippen LogP contribution in [0.5, 0.6) is 0 Å². The highest BCUT2D eigenvalue weighted by molar-refractivity contribution is 7.99. The van der Waals surface area contributed by atoms with Crippen LogP contribution >= 0.6 is 11.8 Å². The van der Waals surface area contributed by atoms with Gasteiger partial charge < -0.3 is 8.94 Å². The zero-order valence-corrected chi connectivity index (χ0v) is 18.5. The van der Waals surface area contributed by atoms with Gasteiger partial charge in [0.15, 0.2) is 21.4 Å². The van der Waals surface area contributed by atoms with Gasteiger partial charge in [0.25, 0.3) is 5.22 Å². The second-order valence-corrected chi connectivity index (χ2v) is 10.7. The van der Waals surface area contributed by atoms with Gasteiger partial charge in [-0.3, -0.25) is 9.36 Å². The molecule has 4 rings (SSSR count). The molecule has 3 aromatic heterocycles. The van der Waals surface area contributed by atoms with E-state index in [2.05, 4.69) is 15.4 Å². The minimum atomic E-state index is -2.94. The van der Waals surface area contributed by atoms with E-state index in [1.54, 1.807) is 0 Å². The van der Waals surface area contributed by atoms with Crippen molar-refractivity contribution in [3.63, 3.8) is 0 Å². The smallest absolute Gasteiger partial charge is 0.277 e. The maximum Gasteiger partial charge on any atom is 0.277 e. The second-order valence-electron chi connectivity index (χ2n) is 7.56. The maximum absolute atomic E-state index is 12.8. The third-order valence-electron chi connectivity index (χ3n) is 5.14. The lowest BCUT2D eigenvalue weighted by molar-refractivity contribution is 0.102. The van der Waals surface area contributed by atoms with E-state index in [4.69, 9.17) is 8.94 Å². The first-order valence-electron chi connectivity index (χ1n) is 9.53. The molecule has 0 spiro atoms. The molecule has 0 amide bonds.